The number of hydrogen-bond donors (Lipinski definition) is 1. The number of Topliss-reactive ketones (excluding diaryl/α,β-unsaturated/α-hetero) is 1. The Balaban J connectivity index is 1.31. The van der Waals surface area contributed by atoms with E-state index < -0.39 is 15.3 Å². The highest BCUT2D eigenvalue weighted by Gasteiger charge is 2.26. The van der Waals surface area contributed by atoms with Crippen molar-refractivity contribution in [1.29, 1.82) is 0 Å². The van der Waals surface area contributed by atoms with Crippen LogP contribution in [0.3, 0.4) is 0 Å². The second kappa shape index (κ2) is 10.3. The maximum absolute atomic E-state index is 13.0. The van der Waals surface area contributed by atoms with Crippen LogP contribution in [0.2, 0.25) is 0 Å². The standard InChI is InChI=1S/C21H28FN3O4S/c22-17-8-6-16(7-9-17)21-15-19(24-29-21)20(26)5-3-1-2-4-12-25-13-10-18(11-14-25)30(23,27)28/h6-9,15,18H,1-5,10-14H2,(H2,23,27,28). The number of nitrogens with zero attached hydrogens (tertiary/aromatic N) is 2. The molecule has 1 aromatic heterocycles. The number of ketones is 1. The number of piperidine rings is 1. The zero-order valence-corrected chi connectivity index (χ0v) is 17.7. The fourth-order valence-corrected chi connectivity index (χ4v) is 4.59. The van der Waals surface area contributed by atoms with Crippen molar-refractivity contribution in [3.05, 3.63) is 41.8 Å². The van der Waals surface area contributed by atoms with Gasteiger partial charge in [-0.3, -0.25) is 4.79 Å². The van der Waals surface area contributed by atoms with Crippen LogP contribution in [0, 0.1) is 5.82 Å². The van der Waals surface area contributed by atoms with Crippen LogP contribution in [0.25, 0.3) is 11.3 Å². The number of aromatic nitrogens is 1. The van der Waals surface area contributed by atoms with Crippen molar-refractivity contribution >= 4 is 15.8 Å². The molecule has 30 heavy (non-hydrogen) atoms. The third-order valence-corrected chi connectivity index (χ3v) is 6.95. The first kappa shape index (κ1) is 22.6. The van der Waals surface area contributed by atoms with Gasteiger partial charge in [0.25, 0.3) is 0 Å². The van der Waals surface area contributed by atoms with Gasteiger partial charge < -0.3 is 9.42 Å². The minimum absolute atomic E-state index is 0.0582. The Bertz CT molecular complexity index is 935. The third-order valence-electron chi connectivity index (χ3n) is 5.55. The van der Waals surface area contributed by atoms with Gasteiger partial charge >= 0.3 is 0 Å². The minimum Gasteiger partial charge on any atom is -0.356 e. The highest BCUT2D eigenvalue weighted by atomic mass is 32.2. The number of halogens is 1. The van der Waals surface area contributed by atoms with Crippen LogP contribution in [-0.2, 0) is 10.0 Å². The number of benzene rings is 1. The van der Waals surface area contributed by atoms with E-state index in [1.165, 1.54) is 12.1 Å². The van der Waals surface area contributed by atoms with E-state index in [1.54, 1.807) is 18.2 Å². The molecule has 0 aliphatic carbocycles. The molecule has 2 N–H and O–H groups in total. The summed E-state index contributed by atoms with van der Waals surface area (Å²) < 4.78 is 41.0. The lowest BCUT2D eigenvalue weighted by Crippen LogP contribution is -2.41. The van der Waals surface area contributed by atoms with E-state index in [4.69, 9.17) is 9.66 Å². The van der Waals surface area contributed by atoms with Crippen molar-refractivity contribution in [2.45, 2.75) is 50.2 Å². The Morgan fingerprint density at radius 2 is 1.80 bits per heavy atom. The average Bonchev–Trinajstić information content (AvgIpc) is 3.21. The van der Waals surface area contributed by atoms with Gasteiger partial charge in [-0.1, -0.05) is 18.0 Å². The molecule has 3 rings (SSSR count). The van der Waals surface area contributed by atoms with Crippen LogP contribution >= 0.6 is 0 Å². The zero-order chi connectivity index (χ0) is 21.6. The maximum atomic E-state index is 13.0. The molecule has 2 aromatic rings. The quantitative estimate of drug-likeness (QED) is 0.451. The first-order valence-corrected chi connectivity index (χ1v) is 11.9. The van der Waals surface area contributed by atoms with E-state index in [9.17, 15) is 17.6 Å². The predicted molar refractivity (Wildman–Crippen MR) is 112 cm³/mol. The van der Waals surface area contributed by atoms with Crippen molar-refractivity contribution in [3.63, 3.8) is 0 Å². The second-order valence-corrected chi connectivity index (χ2v) is 9.65. The molecule has 0 spiro atoms. The summed E-state index contributed by atoms with van der Waals surface area (Å²) in [5.74, 6) is 0.0595. The Labute approximate surface area is 176 Å². The predicted octanol–water partition coefficient (Wildman–Crippen LogP) is 3.37. The second-order valence-electron chi connectivity index (χ2n) is 7.80. The fraction of sp³-hybridized carbons (Fsp3) is 0.524. The summed E-state index contributed by atoms with van der Waals surface area (Å²) in [6.45, 7) is 2.47. The molecule has 0 unspecified atom stereocenters. The van der Waals surface area contributed by atoms with Gasteiger partial charge in [0.1, 0.15) is 11.5 Å². The molecule has 9 heteroatoms. The average molecular weight is 438 g/mol. The number of primary sulfonamides is 1. The molecule has 1 fully saturated rings. The third kappa shape index (κ3) is 6.45. The molecule has 0 radical (unpaired) electrons. The van der Waals surface area contributed by atoms with Gasteiger partial charge in [0.15, 0.2) is 11.5 Å². The number of rotatable bonds is 10. The van der Waals surface area contributed by atoms with Gasteiger partial charge in [-0.05, 0) is 69.6 Å². The maximum Gasteiger partial charge on any atom is 0.212 e. The van der Waals surface area contributed by atoms with E-state index in [-0.39, 0.29) is 11.6 Å². The van der Waals surface area contributed by atoms with Crippen molar-refractivity contribution < 1.29 is 22.1 Å². The summed E-state index contributed by atoms with van der Waals surface area (Å²) in [7, 11) is -3.41. The first-order valence-electron chi connectivity index (χ1n) is 10.3. The molecule has 0 atom stereocenters. The van der Waals surface area contributed by atoms with Crippen LogP contribution in [0.5, 0.6) is 0 Å². The van der Waals surface area contributed by atoms with Gasteiger partial charge in [-0.25, -0.2) is 17.9 Å². The first-order chi connectivity index (χ1) is 14.3. The number of likely N-dealkylation sites (tertiary alicyclic amines) is 1. The normalized spacial score (nSPS) is 16.1. The van der Waals surface area contributed by atoms with Crippen LogP contribution in [-0.4, -0.2) is 49.1 Å². The topological polar surface area (TPSA) is 106 Å². The number of sulfonamides is 1. The zero-order valence-electron chi connectivity index (χ0n) is 16.9. The Morgan fingerprint density at radius 1 is 1.13 bits per heavy atom. The lowest BCUT2D eigenvalue weighted by molar-refractivity contribution is 0.0970. The van der Waals surface area contributed by atoms with Gasteiger partial charge in [-0.15, -0.1) is 0 Å². The lowest BCUT2D eigenvalue weighted by Gasteiger charge is -2.30. The smallest absolute Gasteiger partial charge is 0.212 e. The number of nitrogens with two attached hydrogens (primary N) is 1. The molecule has 2 heterocycles. The molecule has 164 valence electrons. The monoisotopic (exact) mass is 437 g/mol. The summed E-state index contributed by atoms with van der Waals surface area (Å²) >= 11 is 0. The van der Waals surface area contributed by atoms with E-state index in [2.05, 4.69) is 10.1 Å². The number of hydrogen-bond acceptors (Lipinski definition) is 6. The summed E-state index contributed by atoms with van der Waals surface area (Å²) in [6, 6.07) is 7.44. The van der Waals surface area contributed by atoms with E-state index in [1.807, 2.05) is 0 Å². The van der Waals surface area contributed by atoms with Gasteiger partial charge in [0.05, 0.1) is 5.25 Å². The van der Waals surface area contributed by atoms with Gasteiger partial charge in [0.2, 0.25) is 10.0 Å². The number of carbonyl (C=O) groups is 1. The SMILES string of the molecule is NS(=O)(=O)C1CCN(CCCCCCC(=O)c2cc(-c3ccc(F)cc3)on2)CC1. The van der Waals surface area contributed by atoms with Crippen molar-refractivity contribution in [2.75, 3.05) is 19.6 Å². The summed E-state index contributed by atoms with van der Waals surface area (Å²) in [5, 5.41) is 8.65. The van der Waals surface area contributed by atoms with E-state index in [0.717, 1.165) is 45.3 Å². The summed E-state index contributed by atoms with van der Waals surface area (Å²) in [4.78, 5) is 14.6. The van der Waals surface area contributed by atoms with E-state index in [0.29, 0.717) is 36.3 Å². The minimum atomic E-state index is -3.41. The number of unbranched alkanes of at least 4 members (excludes halogenated alkanes) is 3. The molecule has 1 aromatic carbocycles. The summed E-state index contributed by atoms with van der Waals surface area (Å²) in [5.41, 5.74) is 0.975. The summed E-state index contributed by atoms with van der Waals surface area (Å²) in [6.07, 6.45) is 5.38. The van der Waals surface area contributed by atoms with Crippen LogP contribution in [0.1, 0.15) is 55.4 Å². The van der Waals surface area contributed by atoms with E-state index >= 15 is 0 Å². The lowest BCUT2D eigenvalue weighted by atomic mass is 10.1. The van der Waals surface area contributed by atoms with Gasteiger partial charge in [0, 0.05) is 18.1 Å². The number of carbonyl (C=O) groups excluding carboxylic acids is 1. The Kier molecular flexibility index (Phi) is 7.74. The highest BCUT2D eigenvalue weighted by molar-refractivity contribution is 7.89. The van der Waals surface area contributed by atoms with Crippen molar-refractivity contribution in [2.24, 2.45) is 5.14 Å². The molecule has 1 aliphatic heterocycles. The van der Waals surface area contributed by atoms with Crippen LogP contribution < -0.4 is 5.14 Å². The Morgan fingerprint density at radius 3 is 2.47 bits per heavy atom. The van der Waals surface area contributed by atoms with Crippen molar-refractivity contribution in [1.82, 2.24) is 10.1 Å². The molecule has 1 saturated heterocycles. The molecule has 0 amide bonds. The fourth-order valence-electron chi connectivity index (χ4n) is 3.72. The molecule has 7 nitrogen and oxygen atoms in total. The molecular weight excluding hydrogens is 409 g/mol. The largest absolute Gasteiger partial charge is 0.356 e. The molecular formula is C21H28FN3O4S. The Hall–Kier alpha value is -2.10. The van der Waals surface area contributed by atoms with Crippen molar-refractivity contribution in [3.8, 4) is 11.3 Å². The van der Waals surface area contributed by atoms with Crippen LogP contribution in [0.15, 0.2) is 34.9 Å². The molecule has 0 bridgehead atoms. The highest BCUT2D eigenvalue weighted by Crippen LogP contribution is 2.22. The molecule has 0 saturated carbocycles. The molecule has 1 aliphatic rings. The van der Waals surface area contributed by atoms with Crippen LogP contribution in [0.4, 0.5) is 4.39 Å². The van der Waals surface area contributed by atoms with Gasteiger partial charge in [-0.2, -0.15) is 0 Å².